The van der Waals surface area contributed by atoms with Gasteiger partial charge >= 0.3 is 0 Å². The summed E-state index contributed by atoms with van der Waals surface area (Å²) in [5.74, 6) is 1.55. The first-order chi connectivity index (χ1) is 16.1. The summed E-state index contributed by atoms with van der Waals surface area (Å²) in [5.41, 5.74) is 4.17. The number of ether oxygens (including phenoxy) is 2. The Balaban J connectivity index is 1.58. The van der Waals surface area contributed by atoms with Crippen LogP contribution in [0.3, 0.4) is 0 Å². The Bertz CT molecular complexity index is 1110. The molecule has 1 fully saturated rings. The summed E-state index contributed by atoms with van der Waals surface area (Å²) in [7, 11) is 0. The Labute approximate surface area is 199 Å². The lowest BCUT2D eigenvalue weighted by molar-refractivity contribution is 0.122. The van der Waals surface area contributed by atoms with Gasteiger partial charge in [0, 0.05) is 28.8 Å². The fourth-order valence-corrected chi connectivity index (χ4v) is 3.60. The lowest BCUT2D eigenvalue weighted by atomic mass is 10.2. The van der Waals surface area contributed by atoms with Gasteiger partial charge in [-0.3, -0.25) is 0 Å². The van der Waals surface area contributed by atoms with Crippen LogP contribution in [-0.4, -0.2) is 59.2 Å². The van der Waals surface area contributed by atoms with E-state index in [0.717, 1.165) is 10.2 Å². The Morgan fingerprint density at radius 2 is 1.91 bits per heavy atom. The topological polar surface area (TPSA) is 117 Å². The maximum absolute atomic E-state index is 10.4. The quantitative estimate of drug-likeness (QED) is 0.305. The highest BCUT2D eigenvalue weighted by Gasteiger charge is 2.17. The van der Waals surface area contributed by atoms with Crippen molar-refractivity contribution < 1.29 is 14.6 Å². The van der Waals surface area contributed by atoms with Gasteiger partial charge in [0.2, 0.25) is 17.8 Å². The highest BCUT2D eigenvalue weighted by molar-refractivity contribution is 9.10. The number of aromatic nitrogens is 3. The highest BCUT2D eigenvalue weighted by Crippen LogP contribution is 2.33. The zero-order valence-electron chi connectivity index (χ0n) is 18.0. The molecular formula is C22H24BrN7O3. The van der Waals surface area contributed by atoms with E-state index < -0.39 is 0 Å². The highest BCUT2D eigenvalue weighted by atomic mass is 79.9. The fourth-order valence-electron chi connectivity index (χ4n) is 3.14. The molecule has 1 aromatic heterocycles. The lowest BCUT2D eigenvalue weighted by Crippen LogP contribution is -2.37. The molecule has 0 unspecified atom stereocenters. The SMILES string of the molecule is CCOc1cc(Br)cc(/C=N\Nc2nc(Nc3ccccc3)nc(N3CCOCC3)n2)c1O. The van der Waals surface area contributed by atoms with Crippen molar-refractivity contribution in [3.05, 3.63) is 52.5 Å². The number of anilines is 4. The van der Waals surface area contributed by atoms with Gasteiger partial charge < -0.3 is 24.8 Å². The van der Waals surface area contributed by atoms with Crippen molar-refractivity contribution in [2.45, 2.75) is 6.92 Å². The van der Waals surface area contributed by atoms with E-state index in [1.54, 1.807) is 12.1 Å². The second-order valence-electron chi connectivity index (χ2n) is 7.02. The second kappa shape index (κ2) is 10.9. The number of halogens is 1. The number of morpholine rings is 1. The van der Waals surface area contributed by atoms with Gasteiger partial charge in [-0.1, -0.05) is 34.1 Å². The van der Waals surface area contributed by atoms with Gasteiger partial charge in [-0.2, -0.15) is 20.1 Å². The Kier molecular flexibility index (Phi) is 7.53. The van der Waals surface area contributed by atoms with Gasteiger partial charge in [-0.15, -0.1) is 0 Å². The maximum atomic E-state index is 10.4. The summed E-state index contributed by atoms with van der Waals surface area (Å²) < 4.78 is 11.7. The van der Waals surface area contributed by atoms with Gasteiger partial charge in [-0.25, -0.2) is 5.43 Å². The van der Waals surface area contributed by atoms with E-state index in [1.807, 2.05) is 42.2 Å². The van der Waals surface area contributed by atoms with Crippen molar-refractivity contribution in [2.75, 3.05) is 48.6 Å². The van der Waals surface area contributed by atoms with E-state index in [-0.39, 0.29) is 11.7 Å². The number of hydrazone groups is 1. The second-order valence-corrected chi connectivity index (χ2v) is 7.93. The van der Waals surface area contributed by atoms with Gasteiger partial charge in [0.1, 0.15) is 0 Å². The maximum Gasteiger partial charge on any atom is 0.250 e. The molecule has 0 saturated carbocycles. The first-order valence-corrected chi connectivity index (χ1v) is 11.3. The third kappa shape index (κ3) is 6.08. The number of phenols is 1. The monoisotopic (exact) mass is 513 g/mol. The third-order valence-corrected chi connectivity index (χ3v) is 5.14. The smallest absolute Gasteiger partial charge is 0.250 e. The van der Waals surface area contributed by atoms with Crippen LogP contribution in [0.25, 0.3) is 0 Å². The van der Waals surface area contributed by atoms with Crippen LogP contribution in [0.4, 0.5) is 23.5 Å². The van der Waals surface area contributed by atoms with E-state index in [9.17, 15) is 5.11 Å². The molecule has 0 atom stereocenters. The van der Waals surface area contributed by atoms with Crippen molar-refractivity contribution >= 4 is 45.7 Å². The molecule has 4 rings (SSSR count). The van der Waals surface area contributed by atoms with E-state index in [1.165, 1.54) is 6.21 Å². The minimum absolute atomic E-state index is 0.00156. The van der Waals surface area contributed by atoms with Crippen molar-refractivity contribution in [2.24, 2.45) is 5.10 Å². The van der Waals surface area contributed by atoms with Crippen LogP contribution in [-0.2, 0) is 4.74 Å². The third-order valence-electron chi connectivity index (χ3n) is 4.68. The predicted octanol–water partition coefficient (Wildman–Crippen LogP) is 3.76. The summed E-state index contributed by atoms with van der Waals surface area (Å²) in [6, 6.07) is 13.1. The number of hydrogen-bond acceptors (Lipinski definition) is 10. The van der Waals surface area contributed by atoms with E-state index in [0.29, 0.717) is 56.1 Å². The molecular weight excluding hydrogens is 490 g/mol. The van der Waals surface area contributed by atoms with Gasteiger partial charge in [0.15, 0.2) is 11.5 Å². The molecule has 3 N–H and O–H groups in total. The molecule has 2 heterocycles. The zero-order valence-corrected chi connectivity index (χ0v) is 19.6. The lowest BCUT2D eigenvalue weighted by Gasteiger charge is -2.27. The molecule has 0 amide bonds. The molecule has 2 aromatic carbocycles. The minimum atomic E-state index is 0.00156. The van der Waals surface area contributed by atoms with Gasteiger partial charge in [-0.05, 0) is 31.2 Å². The Morgan fingerprint density at radius 3 is 2.67 bits per heavy atom. The number of benzene rings is 2. The molecule has 1 aliphatic rings. The normalized spacial score (nSPS) is 13.8. The molecule has 33 heavy (non-hydrogen) atoms. The number of rotatable bonds is 8. The molecule has 172 valence electrons. The van der Waals surface area contributed by atoms with Crippen LogP contribution in [0.2, 0.25) is 0 Å². The molecule has 0 aliphatic carbocycles. The molecule has 1 saturated heterocycles. The number of phenolic OH excluding ortho intramolecular Hbond substituents is 1. The number of nitrogens with one attached hydrogen (secondary N) is 2. The number of hydrogen-bond donors (Lipinski definition) is 3. The van der Waals surface area contributed by atoms with Crippen molar-refractivity contribution in [3.63, 3.8) is 0 Å². The number of aromatic hydroxyl groups is 1. The van der Waals surface area contributed by atoms with Crippen LogP contribution >= 0.6 is 15.9 Å². The summed E-state index contributed by atoms with van der Waals surface area (Å²) in [4.78, 5) is 15.5. The molecule has 3 aromatic rings. The molecule has 0 bridgehead atoms. The molecule has 0 spiro atoms. The van der Waals surface area contributed by atoms with Crippen LogP contribution < -0.4 is 20.4 Å². The Morgan fingerprint density at radius 1 is 1.15 bits per heavy atom. The van der Waals surface area contributed by atoms with Crippen LogP contribution in [0.15, 0.2) is 52.0 Å². The number of nitrogens with zero attached hydrogens (tertiary/aromatic N) is 5. The number of para-hydroxylation sites is 1. The average Bonchev–Trinajstić information content (AvgIpc) is 2.83. The van der Waals surface area contributed by atoms with Crippen molar-refractivity contribution in [1.82, 2.24) is 15.0 Å². The Hall–Kier alpha value is -3.44. The standard InChI is InChI=1S/C22H24BrN7O3/c1-2-33-18-13-16(23)12-15(19(18)31)14-24-29-21-26-20(25-17-6-4-3-5-7-17)27-22(28-21)30-8-10-32-11-9-30/h3-7,12-14,31H,2,8-11H2,1H3,(H2,25,26,27,28,29)/b24-14-. The van der Waals surface area contributed by atoms with E-state index in [2.05, 4.69) is 46.7 Å². The molecule has 1 aliphatic heterocycles. The molecule has 10 nitrogen and oxygen atoms in total. The average molecular weight is 514 g/mol. The predicted molar refractivity (Wildman–Crippen MR) is 131 cm³/mol. The van der Waals surface area contributed by atoms with Gasteiger partial charge in [0.05, 0.1) is 26.0 Å². The van der Waals surface area contributed by atoms with Gasteiger partial charge in [0.25, 0.3) is 0 Å². The minimum Gasteiger partial charge on any atom is -0.504 e. The van der Waals surface area contributed by atoms with Crippen molar-refractivity contribution in [1.29, 1.82) is 0 Å². The molecule has 0 radical (unpaired) electrons. The zero-order chi connectivity index (χ0) is 23.0. The first-order valence-electron chi connectivity index (χ1n) is 10.5. The van der Waals surface area contributed by atoms with Crippen LogP contribution in [0, 0.1) is 0 Å². The summed E-state index contributed by atoms with van der Waals surface area (Å²) >= 11 is 3.42. The molecule has 11 heteroatoms. The fraction of sp³-hybridized carbons (Fsp3) is 0.273. The summed E-state index contributed by atoms with van der Waals surface area (Å²) in [6.07, 6.45) is 1.48. The van der Waals surface area contributed by atoms with E-state index >= 15 is 0 Å². The summed E-state index contributed by atoms with van der Waals surface area (Å²) in [6.45, 7) is 4.87. The van der Waals surface area contributed by atoms with E-state index in [4.69, 9.17) is 9.47 Å². The first kappa shape index (κ1) is 22.7. The van der Waals surface area contributed by atoms with Crippen LogP contribution in [0.1, 0.15) is 12.5 Å². The van der Waals surface area contributed by atoms with Crippen LogP contribution in [0.5, 0.6) is 11.5 Å². The summed E-state index contributed by atoms with van der Waals surface area (Å²) in [5, 5.41) is 17.8. The largest absolute Gasteiger partial charge is 0.504 e. The van der Waals surface area contributed by atoms with Crippen molar-refractivity contribution in [3.8, 4) is 11.5 Å².